The Morgan fingerprint density at radius 2 is 1.83 bits per heavy atom. The summed E-state index contributed by atoms with van der Waals surface area (Å²) in [4.78, 5) is 15.0. The monoisotopic (exact) mass is 424 g/mol. The van der Waals surface area contributed by atoms with Crippen LogP contribution in [0.4, 0.5) is 5.69 Å². The first kappa shape index (κ1) is 20.2. The van der Waals surface area contributed by atoms with Gasteiger partial charge in [-0.25, -0.2) is 8.42 Å². The number of pyridine rings is 1. The molecule has 30 heavy (non-hydrogen) atoms. The standard InChI is InChI=1S/C23H24N2O4S/c1-14-11-16(18-5-4-10-24-23(18)26)12-21(22(14)29-2)20-13-19(20)15-6-8-17(9-7-15)25-30(3,27)28/h4-12,19-20,25H,13H2,1-3H3,(H,24,26)/t19-,20?/m1/s1. The SMILES string of the molecule is COc1c(C)cc(-c2ccc[nH]c2=O)cc1C1C[C@@H]1c1ccc(NS(C)(=O)=O)cc1. The maximum Gasteiger partial charge on any atom is 0.255 e. The van der Waals surface area contributed by atoms with Gasteiger partial charge < -0.3 is 9.72 Å². The number of aryl methyl sites for hydroxylation is 1. The number of H-pyrrole nitrogens is 1. The number of hydrogen-bond acceptors (Lipinski definition) is 4. The number of hydrogen-bond donors (Lipinski definition) is 2. The normalized spacial score (nSPS) is 18.1. The van der Waals surface area contributed by atoms with Crippen LogP contribution >= 0.6 is 0 Å². The minimum atomic E-state index is -3.29. The number of anilines is 1. The number of sulfonamides is 1. The van der Waals surface area contributed by atoms with E-state index in [-0.39, 0.29) is 11.5 Å². The van der Waals surface area contributed by atoms with Crippen molar-refractivity contribution in [3.05, 3.63) is 81.8 Å². The molecule has 6 nitrogen and oxygen atoms in total. The van der Waals surface area contributed by atoms with Gasteiger partial charge in [-0.1, -0.05) is 12.1 Å². The van der Waals surface area contributed by atoms with Crippen LogP contribution in [0.15, 0.2) is 59.5 Å². The van der Waals surface area contributed by atoms with Gasteiger partial charge in [0, 0.05) is 17.4 Å². The molecule has 2 atom stereocenters. The smallest absolute Gasteiger partial charge is 0.255 e. The van der Waals surface area contributed by atoms with Crippen molar-refractivity contribution in [3.8, 4) is 16.9 Å². The van der Waals surface area contributed by atoms with Crippen LogP contribution < -0.4 is 15.0 Å². The zero-order valence-corrected chi connectivity index (χ0v) is 17.9. The molecule has 7 heteroatoms. The largest absolute Gasteiger partial charge is 0.496 e. The molecule has 156 valence electrons. The van der Waals surface area contributed by atoms with Gasteiger partial charge in [-0.3, -0.25) is 9.52 Å². The van der Waals surface area contributed by atoms with E-state index < -0.39 is 10.0 Å². The molecule has 1 aromatic heterocycles. The molecule has 1 saturated carbocycles. The lowest BCUT2D eigenvalue weighted by Crippen LogP contribution is -2.09. The highest BCUT2D eigenvalue weighted by Gasteiger charge is 2.41. The van der Waals surface area contributed by atoms with E-state index in [1.807, 2.05) is 37.3 Å². The summed E-state index contributed by atoms with van der Waals surface area (Å²) in [5.41, 5.74) is 5.19. The van der Waals surface area contributed by atoms with Gasteiger partial charge in [0.05, 0.1) is 13.4 Å². The number of methoxy groups -OCH3 is 1. The molecule has 1 aliphatic carbocycles. The maximum absolute atomic E-state index is 12.3. The Bertz CT molecular complexity index is 1250. The summed E-state index contributed by atoms with van der Waals surface area (Å²) in [6.45, 7) is 1.99. The molecule has 0 saturated heterocycles. The summed E-state index contributed by atoms with van der Waals surface area (Å²) in [6, 6.07) is 15.2. The summed E-state index contributed by atoms with van der Waals surface area (Å²) >= 11 is 0. The first-order valence-electron chi connectivity index (χ1n) is 9.71. The van der Waals surface area contributed by atoms with Crippen molar-refractivity contribution in [1.29, 1.82) is 0 Å². The van der Waals surface area contributed by atoms with E-state index in [2.05, 4.69) is 15.8 Å². The topological polar surface area (TPSA) is 88.3 Å². The third kappa shape index (κ3) is 4.11. The lowest BCUT2D eigenvalue weighted by atomic mass is 9.96. The molecule has 0 spiro atoms. The second-order valence-electron chi connectivity index (χ2n) is 7.77. The highest BCUT2D eigenvalue weighted by Crippen LogP contribution is 2.57. The van der Waals surface area contributed by atoms with E-state index in [0.717, 1.165) is 40.7 Å². The molecule has 1 unspecified atom stereocenters. The summed E-state index contributed by atoms with van der Waals surface area (Å²) in [5.74, 6) is 1.47. The van der Waals surface area contributed by atoms with Crippen LogP contribution in [-0.4, -0.2) is 26.8 Å². The van der Waals surface area contributed by atoms with E-state index in [9.17, 15) is 13.2 Å². The first-order valence-corrected chi connectivity index (χ1v) is 11.6. The molecule has 4 rings (SSSR count). The fraction of sp³-hybridized carbons (Fsp3) is 0.261. The third-order valence-corrected chi connectivity index (χ3v) is 6.08. The summed E-state index contributed by atoms with van der Waals surface area (Å²) in [5, 5.41) is 0. The highest BCUT2D eigenvalue weighted by atomic mass is 32.2. The summed E-state index contributed by atoms with van der Waals surface area (Å²) in [6.07, 6.45) is 3.74. The zero-order valence-electron chi connectivity index (χ0n) is 17.1. The Labute approximate surface area is 176 Å². The van der Waals surface area contributed by atoms with Crippen molar-refractivity contribution in [2.24, 2.45) is 0 Å². The van der Waals surface area contributed by atoms with Crippen LogP contribution in [0.3, 0.4) is 0 Å². The van der Waals surface area contributed by atoms with Gasteiger partial charge in [-0.05, 0) is 83.8 Å². The Morgan fingerprint density at radius 3 is 2.47 bits per heavy atom. The molecule has 2 N–H and O–H groups in total. The van der Waals surface area contributed by atoms with E-state index in [1.54, 1.807) is 25.4 Å². The predicted octanol–water partition coefficient (Wildman–Crippen LogP) is 4.00. The zero-order chi connectivity index (χ0) is 21.5. The van der Waals surface area contributed by atoms with Gasteiger partial charge in [0.25, 0.3) is 5.56 Å². The van der Waals surface area contributed by atoms with Gasteiger partial charge in [-0.15, -0.1) is 0 Å². The number of aromatic nitrogens is 1. The summed E-state index contributed by atoms with van der Waals surface area (Å²) < 4.78 is 31.0. The van der Waals surface area contributed by atoms with Crippen molar-refractivity contribution < 1.29 is 13.2 Å². The lowest BCUT2D eigenvalue weighted by molar-refractivity contribution is 0.406. The Morgan fingerprint density at radius 1 is 1.10 bits per heavy atom. The van der Waals surface area contributed by atoms with Crippen LogP contribution in [0.25, 0.3) is 11.1 Å². The number of benzene rings is 2. The quantitative estimate of drug-likeness (QED) is 0.626. The fourth-order valence-corrected chi connectivity index (χ4v) is 4.64. The number of aromatic amines is 1. The van der Waals surface area contributed by atoms with Gasteiger partial charge >= 0.3 is 0 Å². The molecule has 2 aromatic carbocycles. The number of rotatable bonds is 6. The minimum absolute atomic E-state index is 0.116. The van der Waals surface area contributed by atoms with Gasteiger partial charge in [-0.2, -0.15) is 0 Å². The molecule has 0 radical (unpaired) electrons. The van der Waals surface area contributed by atoms with Crippen LogP contribution in [0.1, 0.15) is 34.9 Å². The molecular formula is C23H24N2O4S. The Kier molecular flexibility index (Phi) is 5.15. The second kappa shape index (κ2) is 7.65. The van der Waals surface area contributed by atoms with Crippen LogP contribution in [0, 0.1) is 6.92 Å². The second-order valence-corrected chi connectivity index (χ2v) is 9.52. The molecule has 0 amide bonds. The molecule has 1 aliphatic rings. The van der Waals surface area contributed by atoms with E-state index in [1.165, 1.54) is 0 Å². The number of ether oxygens (including phenoxy) is 1. The van der Waals surface area contributed by atoms with E-state index in [4.69, 9.17) is 4.74 Å². The predicted molar refractivity (Wildman–Crippen MR) is 119 cm³/mol. The Hall–Kier alpha value is -3.06. The number of nitrogens with one attached hydrogen (secondary N) is 2. The maximum atomic E-state index is 12.3. The van der Waals surface area contributed by atoms with E-state index >= 15 is 0 Å². The molecule has 0 aliphatic heterocycles. The average molecular weight is 425 g/mol. The summed E-state index contributed by atoms with van der Waals surface area (Å²) in [7, 11) is -1.62. The average Bonchev–Trinajstić information content (AvgIpc) is 3.48. The highest BCUT2D eigenvalue weighted by molar-refractivity contribution is 7.92. The van der Waals surface area contributed by atoms with Crippen LogP contribution in [0.2, 0.25) is 0 Å². The van der Waals surface area contributed by atoms with Gasteiger partial charge in [0.1, 0.15) is 5.75 Å². The van der Waals surface area contributed by atoms with Crippen LogP contribution in [0.5, 0.6) is 5.75 Å². The molecule has 1 fully saturated rings. The molecule has 1 heterocycles. The van der Waals surface area contributed by atoms with Crippen molar-refractivity contribution in [1.82, 2.24) is 4.98 Å². The van der Waals surface area contributed by atoms with Crippen molar-refractivity contribution in [2.45, 2.75) is 25.2 Å². The third-order valence-electron chi connectivity index (χ3n) is 5.47. The molecule has 3 aromatic rings. The minimum Gasteiger partial charge on any atom is -0.496 e. The Balaban J connectivity index is 1.65. The van der Waals surface area contributed by atoms with Crippen molar-refractivity contribution in [3.63, 3.8) is 0 Å². The molecule has 0 bridgehead atoms. The molecular weight excluding hydrogens is 400 g/mol. The van der Waals surface area contributed by atoms with Crippen LogP contribution in [-0.2, 0) is 10.0 Å². The fourth-order valence-electron chi connectivity index (χ4n) is 4.08. The van der Waals surface area contributed by atoms with Gasteiger partial charge in [0.2, 0.25) is 10.0 Å². The van der Waals surface area contributed by atoms with Crippen molar-refractivity contribution in [2.75, 3.05) is 18.1 Å². The lowest BCUT2D eigenvalue weighted by Gasteiger charge is -2.14. The van der Waals surface area contributed by atoms with E-state index in [0.29, 0.717) is 17.2 Å². The van der Waals surface area contributed by atoms with Gasteiger partial charge in [0.15, 0.2) is 0 Å². The van der Waals surface area contributed by atoms with Crippen molar-refractivity contribution >= 4 is 15.7 Å². The first-order chi connectivity index (χ1) is 14.3.